The SMILES string of the molecule is CC1(C)C(C(=O)O)N2C(=O)[C@@H](N3C[C@@H](c4ccccc4)[N+]([O-])(N=O)C3(C)C)[C@H]2[S@+]1[O-]. The van der Waals surface area contributed by atoms with E-state index in [0.717, 1.165) is 4.90 Å². The highest BCUT2D eigenvalue weighted by molar-refractivity contribution is 7.94. The number of fused-ring (bicyclic) bond motifs is 1. The Morgan fingerprint density at radius 2 is 1.87 bits per heavy atom. The van der Waals surface area contributed by atoms with Gasteiger partial charge in [0.25, 0.3) is 5.91 Å². The Morgan fingerprint density at radius 1 is 1.27 bits per heavy atom. The summed E-state index contributed by atoms with van der Waals surface area (Å²) in [6.07, 6.45) is 0. The molecule has 0 spiro atoms. The molecular formula is C19H24N4O6S. The van der Waals surface area contributed by atoms with Gasteiger partial charge in [0.2, 0.25) is 5.37 Å². The van der Waals surface area contributed by atoms with E-state index in [0.29, 0.717) is 5.56 Å². The number of amides is 1. The summed E-state index contributed by atoms with van der Waals surface area (Å²) in [4.78, 5) is 39.4. The fourth-order valence-corrected chi connectivity index (χ4v) is 7.09. The summed E-state index contributed by atoms with van der Waals surface area (Å²) in [7, 11) is 0. The van der Waals surface area contributed by atoms with E-state index in [1.807, 2.05) is 0 Å². The molecule has 0 radical (unpaired) electrons. The summed E-state index contributed by atoms with van der Waals surface area (Å²) in [5.41, 5.74) is -0.799. The van der Waals surface area contributed by atoms with E-state index in [2.05, 4.69) is 5.29 Å². The lowest BCUT2D eigenvalue weighted by Crippen LogP contribution is -2.75. The number of rotatable bonds is 4. The summed E-state index contributed by atoms with van der Waals surface area (Å²) in [6, 6.07) is 5.73. The fourth-order valence-electron chi connectivity index (χ4n) is 5.10. The van der Waals surface area contributed by atoms with Crippen molar-refractivity contribution in [1.29, 1.82) is 0 Å². The Morgan fingerprint density at radius 3 is 2.40 bits per heavy atom. The maximum absolute atomic E-state index is 13.6. The Balaban J connectivity index is 1.74. The van der Waals surface area contributed by atoms with Gasteiger partial charge >= 0.3 is 5.97 Å². The molecule has 30 heavy (non-hydrogen) atoms. The standard InChI is InChI=1S/C19H24N4O6S/c1-18(2)14(17(25)26)22-15(24)13(16(22)30(18)29)21-10-12(11-8-6-5-7-9-11)23(28,20-27)19(21,3)4/h5-9,12-14,16H,10H2,1-4H3,(H,25,26)/t12-,13+,14?,16+,23?,30-/m0/s1. The number of β-lactam (4-membered cyclic amide) rings is 1. The van der Waals surface area contributed by atoms with Crippen molar-refractivity contribution in [2.75, 3.05) is 6.54 Å². The molecule has 0 aliphatic carbocycles. The van der Waals surface area contributed by atoms with Crippen LogP contribution >= 0.6 is 0 Å². The minimum atomic E-state index is -1.67. The molecule has 3 fully saturated rings. The number of aliphatic carboxylic acids is 1. The molecular weight excluding hydrogens is 412 g/mol. The minimum Gasteiger partial charge on any atom is -0.614 e. The van der Waals surface area contributed by atoms with Gasteiger partial charge in [-0.25, -0.2) is 9.69 Å². The van der Waals surface area contributed by atoms with Crippen LogP contribution in [0, 0.1) is 10.1 Å². The van der Waals surface area contributed by atoms with Gasteiger partial charge in [-0.15, -0.1) is 0 Å². The predicted molar refractivity (Wildman–Crippen MR) is 107 cm³/mol. The van der Waals surface area contributed by atoms with Gasteiger partial charge in [0.05, 0.1) is 6.54 Å². The third-order valence-electron chi connectivity index (χ3n) is 6.88. The first-order valence-electron chi connectivity index (χ1n) is 9.63. The summed E-state index contributed by atoms with van der Waals surface area (Å²) in [6.45, 7) is 6.26. The molecule has 1 amide bonds. The molecule has 3 aliphatic rings. The number of hydroxylamine groups is 2. The minimum absolute atomic E-state index is 0.0579. The zero-order chi connectivity index (χ0) is 22.2. The van der Waals surface area contributed by atoms with Crippen molar-refractivity contribution in [3.63, 3.8) is 0 Å². The predicted octanol–water partition coefficient (Wildman–Crippen LogP) is 1.31. The monoisotopic (exact) mass is 436 g/mol. The average molecular weight is 436 g/mol. The smallest absolute Gasteiger partial charge is 0.332 e. The molecule has 10 nitrogen and oxygen atoms in total. The van der Waals surface area contributed by atoms with Crippen molar-refractivity contribution >= 4 is 23.1 Å². The normalized spacial score (nSPS) is 39.5. The van der Waals surface area contributed by atoms with Crippen LogP contribution < -0.4 is 0 Å². The van der Waals surface area contributed by atoms with Crippen molar-refractivity contribution in [3.05, 3.63) is 46.0 Å². The Labute approximate surface area is 176 Å². The van der Waals surface area contributed by atoms with Crippen LogP contribution in [0.5, 0.6) is 0 Å². The highest BCUT2D eigenvalue weighted by Crippen LogP contribution is 2.53. The van der Waals surface area contributed by atoms with Crippen molar-refractivity contribution in [3.8, 4) is 0 Å². The van der Waals surface area contributed by atoms with Gasteiger partial charge < -0.3 is 14.9 Å². The molecule has 3 aliphatic heterocycles. The number of carboxylic acid groups (broad SMARTS) is 1. The maximum Gasteiger partial charge on any atom is 0.332 e. The van der Waals surface area contributed by atoms with Crippen LogP contribution in [0.3, 0.4) is 0 Å². The number of carbonyl (C=O) groups is 2. The van der Waals surface area contributed by atoms with Gasteiger partial charge in [-0.3, -0.25) is 9.69 Å². The van der Waals surface area contributed by atoms with E-state index < -0.39 is 61.7 Å². The van der Waals surface area contributed by atoms with Crippen LogP contribution in [-0.2, 0) is 20.8 Å². The van der Waals surface area contributed by atoms with Gasteiger partial charge in [0, 0.05) is 19.4 Å². The average Bonchev–Trinajstić information content (AvgIpc) is 3.01. The van der Waals surface area contributed by atoms with Crippen molar-refractivity contribution in [2.24, 2.45) is 5.29 Å². The van der Waals surface area contributed by atoms with Crippen molar-refractivity contribution in [2.45, 2.75) is 61.6 Å². The van der Waals surface area contributed by atoms with E-state index in [4.69, 9.17) is 0 Å². The number of benzene rings is 1. The third-order valence-corrected chi connectivity index (χ3v) is 9.06. The fraction of sp³-hybridized carbons (Fsp3) is 0.579. The molecule has 3 heterocycles. The number of hydrogen-bond acceptors (Lipinski definition) is 7. The van der Waals surface area contributed by atoms with Crippen molar-refractivity contribution < 1.29 is 24.0 Å². The number of hydrogen-bond donors (Lipinski definition) is 1. The molecule has 2 unspecified atom stereocenters. The Kier molecular flexibility index (Phi) is 4.57. The highest BCUT2D eigenvalue weighted by Gasteiger charge is 2.76. The van der Waals surface area contributed by atoms with E-state index in [-0.39, 0.29) is 6.54 Å². The van der Waals surface area contributed by atoms with Gasteiger partial charge in [0.1, 0.15) is 0 Å². The van der Waals surface area contributed by atoms with E-state index in [1.54, 1.807) is 49.1 Å². The second-order valence-corrected chi connectivity index (χ2v) is 11.1. The molecule has 162 valence electrons. The second kappa shape index (κ2) is 6.47. The summed E-state index contributed by atoms with van der Waals surface area (Å²) in [5, 5.41) is 25.3. The van der Waals surface area contributed by atoms with Crippen LogP contribution in [0.1, 0.15) is 39.3 Å². The van der Waals surface area contributed by atoms with Crippen LogP contribution in [0.2, 0.25) is 0 Å². The Bertz CT molecular complexity index is 912. The van der Waals surface area contributed by atoms with E-state index in [1.165, 1.54) is 13.8 Å². The number of nitrogens with zero attached hydrogens (tertiary/aromatic N) is 4. The molecule has 1 aromatic rings. The first-order chi connectivity index (χ1) is 13.9. The van der Waals surface area contributed by atoms with Crippen LogP contribution in [-0.4, -0.2) is 70.5 Å². The highest BCUT2D eigenvalue weighted by atomic mass is 32.2. The quantitative estimate of drug-likeness (QED) is 0.247. The molecule has 6 atom stereocenters. The van der Waals surface area contributed by atoms with E-state index in [9.17, 15) is 29.4 Å². The summed E-state index contributed by atoms with van der Waals surface area (Å²) < 4.78 is 10.6. The lowest BCUT2D eigenvalue weighted by molar-refractivity contribution is -0.956. The van der Waals surface area contributed by atoms with Gasteiger partial charge in [-0.1, -0.05) is 35.2 Å². The zero-order valence-corrected chi connectivity index (χ0v) is 17.9. The second-order valence-electron chi connectivity index (χ2n) is 9.00. The van der Waals surface area contributed by atoms with Crippen molar-refractivity contribution in [1.82, 2.24) is 9.80 Å². The number of nitroso groups, excluding NO2 is 1. The van der Waals surface area contributed by atoms with Gasteiger partial charge in [0.15, 0.2) is 33.8 Å². The lowest BCUT2D eigenvalue weighted by Gasteiger charge is -2.50. The summed E-state index contributed by atoms with van der Waals surface area (Å²) in [5.74, 6) is -1.71. The first kappa shape index (κ1) is 21.2. The maximum atomic E-state index is 13.6. The lowest BCUT2D eigenvalue weighted by atomic mass is 9.94. The zero-order valence-electron chi connectivity index (χ0n) is 17.1. The van der Waals surface area contributed by atoms with Gasteiger partial charge in [-0.2, -0.15) is 4.76 Å². The van der Waals surface area contributed by atoms with Crippen LogP contribution in [0.25, 0.3) is 0 Å². The molecule has 0 aromatic heterocycles. The topological polar surface area (TPSA) is 136 Å². The largest absolute Gasteiger partial charge is 0.614 e. The molecule has 1 N–H and O–H groups in total. The third kappa shape index (κ3) is 2.41. The number of carbonyl (C=O) groups excluding carboxylic acids is 1. The molecule has 0 saturated carbocycles. The number of carboxylic acids is 1. The van der Waals surface area contributed by atoms with Gasteiger partial charge in [-0.05, 0) is 25.0 Å². The molecule has 11 heteroatoms. The molecule has 3 saturated heterocycles. The Hall–Kier alpha value is -2.05. The molecule has 4 rings (SSSR count). The van der Waals surface area contributed by atoms with E-state index >= 15 is 0 Å². The van der Waals surface area contributed by atoms with Crippen LogP contribution in [0.15, 0.2) is 35.6 Å². The first-order valence-corrected chi connectivity index (χ1v) is 10.8. The van der Waals surface area contributed by atoms with Crippen LogP contribution in [0.4, 0.5) is 0 Å². The molecule has 0 bridgehead atoms. The summed E-state index contributed by atoms with van der Waals surface area (Å²) >= 11 is -1.67. The molecule has 1 aromatic carbocycles. The number of quaternary nitrogens is 1.